The van der Waals surface area contributed by atoms with E-state index in [2.05, 4.69) is 15.0 Å². The molecule has 228 valence electrons. The second kappa shape index (κ2) is 11.9. The van der Waals surface area contributed by atoms with Crippen molar-refractivity contribution in [2.75, 3.05) is 44.7 Å². The summed E-state index contributed by atoms with van der Waals surface area (Å²) in [4.78, 5) is 29.9. The van der Waals surface area contributed by atoms with Crippen LogP contribution in [0, 0.1) is 23.0 Å². The molecule has 2 fully saturated rings. The van der Waals surface area contributed by atoms with Crippen LogP contribution in [0.25, 0.3) is 32.9 Å². The van der Waals surface area contributed by atoms with E-state index in [4.69, 9.17) is 16.3 Å². The predicted molar refractivity (Wildman–Crippen MR) is 158 cm³/mol. The molecule has 6 rings (SSSR count). The first-order valence-electron chi connectivity index (χ1n) is 14.0. The standard InChI is InChI=1S/C30H27ClF3N7O3/c1-39-13-17(32)11-19(39)15-44-29-37-27-21(28(38-29)40-9-10-41(30(42)43)18(14-40)7-8-35)12-36-26(25(27)34)20-4-2-3-16-5-6-22(33)24(31)23(16)20/h2-6,12,17-19H,7,9-11,13-15H2,1H3,(H,42,43)/t17-,18+,19-/m1/s1. The van der Waals surface area contributed by atoms with Crippen molar-refractivity contribution in [1.82, 2.24) is 24.8 Å². The summed E-state index contributed by atoms with van der Waals surface area (Å²) in [6.45, 7) is 0.730. The predicted octanol–water partition coefficient (Wildman–Crippen LogP) is 5.28. The normalized spacial score (nSPS) is 20.8. The molecule has 0 saturated carbocycles. The Hall–Kier alpha value is -4.41. The number of aromatic nitrogens is 3. The third-order valence-corrected chi connectivity index (χ3v) is 8.60. The molecule has 2 aliphatic rings. The summed E-state index contributed by atoms with van der Waals surface area (Å²) in [6, 6.07) is 8.76. The van der Waals surface area contributed by atoms with E-state index in [1.54, 1.807) is 36.2 Å². The number of likely N-dealkylation sites (N-methyl/N-ethyl adjacent to an activating group) is 1. The fourth-order valence-electron chi connectivity index (χ4n) is 5.98. The molecule has 2 saturated heterocycles. The molecule has 3 atom stereocenters. The summed E-state index contributed by atoms with van der Waals surface area (Å²) >= 11 is 6.33. The molecule has 2 aliphatic heterocycles. The van der Waals surface area contributed by atoms with Crippen LogP contribution in [0.5, 0.6) is 6.01 Å². The van der Waals surface area contributed by atoms with Gasteiger partial charge < -0.3 is 19.6 Å². The molecule has 0 radical (unpaired) electrons. The molecule has 1 N–H and O–H groups in total. The Morgan fingerprint density at radius 3 is 2.73 bits per heavy atom. The van der Waals surface area contributed by atoms with Crippen molar-refractivity contribution in [3.63, 3.8) is 0 Å². The van der Waals surface area contributed by atoms with Crippen LogP contribution >= 0.6 is 11.6 Å². The van der Waals surface area contributed by atoms with Crippen LogP contribution in [0.1, 0.15) is 12.8 Å². The molecule has 2 aromatic heterocycles. The highest BCUT2D eigenvalue weighted by molar-refractivity contribution is 6.36. The Kier molecular flexibility index (Phi) is 8.04. The van der Waals surface area contributed by atoms with Crippen molar-refractivity contribution < 1.29 is 27.8 Å². The van der Waals surface area contributed by atoms with E-state index in [1.807, 2.05) is 11.0 Å². The quantitative estimate of drug-likeness (QED) is 0.305. The number of carboxylic acid groups (broad SMARTS) is 1. The Balaban J connectivity index is 1.47. The molecule has 0 unspecified atom stereocenters. The number of fused-ring (bicyclic) bond motifs is 2. The number of amides is 1. The fourth-order valence-corrected chi connectivity index (χ4v) is 6.25. The number of hydrogen-bond acceptors (Lipinski definition) is 8. The van der Waals surface area contributed by atoms with E-state index >= 15 is 4.39 Å². The number of carbonyl (C=O) groups is 1. The van der Waals surface area contributed by atoms with Gasteiger partial charge in [-0.3, -0.25) is 9.88 Å². The molecule has 10 nitrogen and oxygen atoms in total. The van der Waals surface area contributed by atoms with E-state index < -0.39 is 29.9 Å². The maximum atomic E-state index is 16.5. The highest BCUT2D eigenvalue weighted by atomic mass is 35.5. The third kappa shape index (κ3) is 5.39. The SMILES string of the molecule is CN1C[C@H](F)C[C@@H]1COc1nc(N2CCN(C(=O)O)[C@@H](CC#N)C2)c2cnc(-c3cccc4ccc(F)c(Cl)c34)c(F)c2n1. The van der Waals surface area contributed by atoms with Gasteiger partial charge in [0.15, 0.2) is 5.82 Å². The molecule has 0 spiro atoms. The molecule has 44 heavy (non-hydrogen) atoms. The Labute approximate surface area is 255 Å². The van der Waals surface area contributed by atoms with Crippen molar-refractivity contribution in [3.8, 4) is 23.3 Å². The zero-order valence-electron chi connectivity index (χ0n) is 23.6. The third-order valence-electron chi connectivity index (χ3n) is 8.23. The van der Waals surface area contributed by atoms with Crippen LogP contribution in [0.3, 0.4) is 0 Å². The van der Waals surface area contributed by atoms with Crippen molar-refractivity contribution in [1.29, 1.82) is 5.26 Å². The lowest BCUT2D eigenvalue weighted by Gasteiger charge is -2.39. The summed E-state index contributed by atoms with van der Waals surface area (Å²) in [5, 5.41) is 19.9. The average Bonchev–Trinajstić information content (AvgIpc) is 3.34. The van der Waals surface area contributed by atoms with Gasteiger partial charge in [0.2, 0.25) is 0 Å². The maximum Gasteiger partial charge on any atom is 0.407 e. The van der Waals surface area contributed by atoms with Gasteiger partial charge in [-0.25, -0.2) is 18.0 Å². The number of rotatable bonds is 6. The number of likely N-dealkylation sites (tertiary alicyclic amines) is 1. The number of piperazine rings is 1. The van der Waals surface area contributed by atoms with Crippen LogP contribution in [0.4, 0.5) is 23.8 Å². The molecule has 1 amide bonds. The topological polar surface area (TPSA) is 119 Å². The number of halogens is 4. The van der Waals surface area contributed by atoms with Gasteiger partial charge in [0.05, 0.1) is 28.9 Å². The van der Waals surface area contributed by atoms with Crippen molar-refractivity contribution >= 4 is 45.2 Å². The molecule has 4 aromatic rings. The van der Waals surface area contributed by atoms with Crippen molar-refractivity contribution in [2.24, 2.45) is 0 Å². The van der Waals surface area contributed by atoms with Crippen LogP contribution in [-0.2, 0) is 0 Å². The molecule has 14 heteroatoms. The second-order valence-corrected chi connectivity index (χ2v) is 11.3. The number of hydrogen-bond donors (Lipinski definition) is 1. The highest BCUT2D eigenvalue weighted by Crippen LogP contribution is 2.38. The molecular formula is C30H27ClF3N7O3. The van der Waals surface area contributed by atoms with Crippen LogP contribution in [-0.4, -0.2) is 94.0 Å². The minimum Gasteiger partial charge on any atom is -0.465 e. The van der Waals surface area contributed by atoms with Crippen molar-refractivity contribution in [3.05, 3.63) is 53.2 Å². The first-order chi connectivity index (χ1) is 21.2. The van der Waals surface area contributed by atoms with E-state index in [9.17, 15) is 23.9 Å². The largest absolute Gasteiger partial charge is 0.465 e. The van der Waals surface area contributed by atoms with E-state index in [1.165, 1.54) is 17.2 Å². The minimum absolute atomic E-state index is 0.0528. The first-order valence-corrected chi connectivity index (χ1v) is 14.4. The molecule has 2 aromatic carbocycles. The van der Waals surface area contributed by atoms with Gasteiger partial charge >= 0.3 is 12.1 Å². The Morgan fingerprint density at radius 1 is 1.18 bits per heavy atom. The van der Waals surface area contributed by atoms with Crippen LogP contribution < -0.4 is 9.64 Å². The summed E-state index contributed by atoms with van der Waals surface area (Å²) in [7, 11) is 1.79. The number of benzene rings is 2. The van der Waals surface area contributed by atoms with Crippen molar-refractivity contribution in [2.45, 2.75) is 31.1 Å². The second-order valence-electron chi connectivity index (χ2n) is 11.0. The molecule has 0 bridgehead atoms. The molecule has 0 aliphatic carbocycles. The van der Waals surface area contributed by atoms with E-state index in [-0.39, 0.29) is 90.7 Å². The summed E-state index contributed by atoms with van der Waals surface area (Å²) in [5.74, 6) is -1.22. The zero-order valence-corrected chi connectivity index (χ0v) is 24.3. The van der Waals surface area contributed by atoms with Gasteiger partial charge in [-0.15, -0.1) is 0 Å². The molecule has 4 heterocycles. The Morgan fingerprint density at radius 2 is 2.00 bits per heavy atom. The lowest BCUT2D eigenvalue weighted by atomic mass is 10.0. The number of nitrogens with zero attached hydrogens (tertiary/aromatic N) is 7. The lowest BCUT2D eigenvalue weighted by molar-refractivity contribution is 0.119. The number of anilines is 1. The number of ether oxygens (including phenoxy) is 1. The lowest BCUT2D eigenvalue weighted by Crippen LogP contribution is -2.55. The smallest absolute Gasteiger partial charge is 0.407 e. The van der Waals surface area contributed by atoms with Crippen LogP contribution in [0.15, 0.2) is 36.5 Å². The van der Waals surface area contributed by atoms with Gasteiger partial charge in [0.25, 0.3) is 0 Å². The zero-order chi connectivity index (χ0) is 31.1. The number of nitriles is 1. The highest BCUT2D eigenvalue weighted by Gasteiger charge is 2.33. The average molecular weight is 626 g/mol. The van der Waals surface area contributed by atoms with Gasteiger partial charge in [-0.05, 0) is 24.9 Å². The monoisotopic (exact) mass is 625 g/mol. The number of alkyl halides is 1. The first kappa shape index (κ1) is 29.7. The van der Waals surface area contributed by atoms with Gasteiger partial charge in [-0.1, -0.05) is 35.9 Å². The summed E-state index contributed by atoms with van der Waals surface area (Å²) < 4.78 is 50.9. The summed E-state index contributed by atoms with van der Waals surface area (Å²) in [6.07, 6.45) is -0.517. The van der Waals surface area contributed by atoms with Gasteiger partial charge in [0, 0.05) is 49.4 Å². The molecular weight excluding hydrogens is 599 g/mol. The van der Waals surface area contributed by atoms with Gasteiger partial charge in [0.1, 0.15) is 35.6 Å². The number of pyridine rings is 1. The van der Waals surface area contributed by atoms with E-state index in [0.717, 1.165) is 0 Å². The van der Waals surface area contributed by atoms with Crippen LogP contribution in [0.2, 0.25) is 5.02 Å². The van der Waals surface area contributed by atoms with E-state index in [0.29, 0.717) is 10.8 Å². The Bertz CT molecular complexity index is 1810. The fraction of sp³-hybridized carbons (Fsp3) is 0.367. The maximum absolute atomic E-state index is 16.5. The summed E-state index contributed by atoms with van der Waals surface area (Å²) in [5.41, 5.74) is 0.0278. The minimum atomic E-state index is -1.14. The van der Waals surface area contributed by atoms with Gasteiger partial charge in [-0.2, -0.15) is 15.2 Å².